The van der Waals surface area contributed by atoms with Crippen LogP contribution in [0.3, 0.4) is 0 Å². The van der Waals surface area contributed by atoms with Gasteiger partial charge >= 0.3 is 0 Å². The van der Waals surface area contributed by atoms with E-state index < -0.39 is 0 Å². The number of rotatable bonds is 6. The number of fused-ring (bicyclic) bond motifs is 9. The van der Waals surface area contributed by atoms with Gasteiger partial charge in [-0.3, -0.25) is 4.57 Å². The molecular weight excluding hydrogens is 653 g/mol. The fourth-order valence-corrected chi connectivity index (χ4v) is 9.37. The molecule has 0 spiro atoms. The Labute approximate surface area is 306 Å². The van der Waals surface area contributed by atoms with Crippen LogP contribution in [0, 0.1) is 0 Å². The Morgan fingerprint density at radius 1 is 0.750 bits per heavy atom. The Morgan fingerprint density at radius 3 is 2.44 bits per heavy atom. The average Bonchev–Trinajstić information content (AvgIpc) is 3.86. The Morgan fingerprint density at radius 2 is 1.54 bits per heavy atom. The molecule has 2 aliphatic rings. The first-order chi connectivity index (χ1) is 25.7. The molecule has 5 aromatic carbocycles. The molecule has 2 atom stereocenters. The van der Waals surface area contributed by atoms with E-state index in [1.165, 1.54) is 42.5 Å². The van der Waals surface area contributed by atoms with Crippen molar-refractivity contribution in [2.75, 3.05) is 4.90 Å². The lowest BCUT2D eigenvalue weighted by Gasteiger charge is -2.28. The molecule has 0 saturated heterocycles. The van der Waals surface area contributed by atoms with Crippen molar-refractivity contribution in [1.29, 1.82) is 0 Å². The summed E-state index contributed by atoms with van der Waals surface area (Å²) in [5.41, 5.74) is 9.67. The molecule has 0 bridgehead atoms. The maximum absolute atomic E-state index is 5.40. The van der Waals surface area contributed by atoms with Crippen molar-refractivity contribution in [3.05, 3.63) is 182 Å². The van der Waals surface area contributed by atoms with Gasteiger partial charge in [0, 0.05) is 53.8 Å². The van der Waals surface area contributed by atoms with Crippen molar-refractivity contribution in [2.45, 2.75) is 18.9 Å². The minimum Gasteiger partial charge on any atom is -0.333 e. The predicted octanol–water partition coefficient (Wildman–Crippen LogP) is 12.5. The van der Waals surface area contributed by atoms with Crippen LogP contribution in [0.5, 0.6) is 0 Å². The molecule has 10 rings (SSSR count). The molecule has 2 unspecified atom stereocenters. The van der Waals surface area contributed by atoms with Crippen molar-refractivity contribution < 1.29 is 0 Å². The Kier molecular flexibility index (Phi) is 7.15. The number of thiophene rings is 1. The van der Waals surface area contributed by atoms with Crippen molar-refractivity contribution in [3.8, 4) is 17.2 Å². The van der Waals surface area contributed by atoms with Gasteiger partial charge in [-0.1, -0.05) is 128 Å². The summed E-state index contributed by atoms with van der Waals surface area (Å²) in [6, 6.07) is 41.8. The van der Waals surface area contributed by atoms with E-state index >= 15 is 0 Å². The number of aromatic nitrogens is 3. The lowest BCUT2D eigenvalue weighted by atomic mass is 9.91. The first kappa shape index (κ1) is 30.5. The summed E-state index contributed by atoms with van der Waals surface area (Å²) in [6.45, 7) is 6.19. The van der Waals surface area contributed by atoms with Crippen LogP contribution in [0.15, 0.2) is 170 Å². The molecular formula is C47H34N4S. The largest absolute Gasteiger partial charge is 0.333 e. The number of anilines is 2. The number of hydrogen-bond donors (Lipinski definition) is 0. The molecule has 248 valence electrons. The molecule has 4 nitrogen and oxygen atoms in total. The maximum atomic E-state index is 5.40. The summed E-state index contributed by atoms with van der Waals surface area (Å²) in [4.78, 5) is 13.2. The third kappa shape index (κ3) is 4.66. The van der Waals surface area contributed by atoms with Crippen LogP contribution < -0.4 is 4.90 Å². The summed E-state index contributed by atoms with van der Waals surface area (Å²) in [5, 5.41) is 4.84. The number of para-hydroxylation sites is 2. The summed E-state index contributed by atoms with van der Waals surface area (Å²) in [6.07, 6.45) is 17.0. The van der Waals surface area contributed by atoms with E-state index in [9.17, 15) is 0 Å². The van der Waals surface area contributed by atoms with Crippen LogP contribution >= 0.6 is 11.3 Å². The summed E-state index contributed by atoms with van der Waals surface area (Å²) in [5.74, 6) is 0.956. The van der Waals surface area contributed by atoms with Crippen LogP contribution in [-0.4, -0.2) is 20.6 Å². The van der Waals surface area contributed by atoms with Crippen LogP contribution in [0.1, 0.15) is 24.1 Å². The van der Waals surface area contributed by atoms with Gasteiger partial charge in [-0.05, 0) is 60.5 Å². The van der Waals surface area contributed by atoms with Crippen molar-refractivity contribution >= 4 is 70.3 Å². The maximum Gasteiger partial charge on any atom is 0.235 e. The van der Waals surface area contributed by atoms with Crippen LogP contribution in [0.4, 0.5) is 11.4 Å². The summed E-state index contributed by atoms with van der Waals surface area (Å²) < 4.78 is 4.72. The highest BCUT2D eigenvalue weighted by Gasteiger charge is 2.37. The highest BCUT2D eigenvalue weighted by molar-refractivity contribution is 7.26. The van der Waals surface area contributed by atoms with Crippen molar-refractivity contribution in [2.24, 2.45) is 0 Å². The first-order valence-corrected chi connectivity index (χ1v) is 18.6. The topological polar surface area (TPSA) is 34.0 Å². The molecule has 52 heavy (non-hydrogen) atoms. The lowest BCUT2D eigenvalue weighted by Crippen LogP contribution is -2.28. The van der Waals surface area contributed by atoms with Crippen LogP contribution in [0.25, 0.3) is 64.8 Å². The van der Waals surface area contributed by atoms with Crippen LogP contribution in [-0.2, 0) is 0 Å². The van der Waals surface area contributed by atoms with Gasteiger partial charge in [0.05, 0.1) is 28.5 Å². The standard InChI is InChI=1S/C47H34N4S/c1-3-5-15-30(4-2)39-29-40(37-21-14-20-36-35-19-9-13-25-45(35)52-46(36)37)49-47(48-39)51-43-24-12-8-18-34(43)38-28-31(26-27-44(38)51)50-41-22-10-6-16-32(41)33-17-7-11-23-42(33)50/h3-29,32,41H,2H2,1H3/b5-3-,30-15+. The summed E-state index contributed by atoms with van der Waals surface area (Å²) in [7, 11) is 0. The fraction of sp³-hybridized carbons (Fsp3) is 0.0638. The number of allylic oxidation sites excluding steroid dienone is 7. The van der Waals surface area contributed by atoms with E-state index in [0.29, 0.717) is 11.9 Å². The average molecular weight is 687 g/mol. The molecule has 1 aliphatic heterocycles. The van der Waals surface area contributed by atoms with Crippen molar-refractivity contribution in [3.63, 3.8) is 0 Å². The quantitative estimate of drug-likeness (QED) is 0.163. The Bertz CT molecular complexity index is 2860. The third-order valence-electron chi connectivity index (χ3n) is 10.5. The van der Waals surface area contributed by atoms with E-state index in [1.807, 2.05) is 36.5 Å². The molecule has 3 aromatic heterocycles. The predicted molar refractivity (Wildman–Crippen MR) is 221 cm³/mol. The normalized spacial score (nSPS) is 16.9. The van der Waals surface area contributed by atoms with Gasteiger partial charge in [0.15, 0.2) is 0 Å². The van der Waals surface area contributed by atoms with Gasteiger partial charge in [-0.25, -0.2) is 9.97 Å². The molecule has 4 heterocycles. The van der Waals surface area contributed by atoms with E-state index in [4.69, 9.17) is 9.97 Å². The number of nitrogens with zero attached hydrogens (tertiary/aromatic N) is 4. The SMILES string of the molecule is C=C/C(=C\C=C/C)c1cc(-c2cccc3c2sc2ccccc23)nc(-n2c3ccccc3c3cc(N4c5ccccc5C5C=CC=CC54)ccc32)n1. The second-order valence-electron chi connectivity index (χ2n) is 13.3. The van der Waals surface area contributed by atoms with Crippen LogP contribution in [0.2, 0.25) is 0 Å². The number of benzene rings is 5. The Hall–Kier alpha value is -6.30. The minimum absolute atomic E-state index is 0.230. The molecule has 0 radical (unpaired) electrons. The zero-order valence-corrected chi connectivity index (χ0v) is 29.5. The smallest absolute Gasteiger partial charge is 0.235 e. The van der Waals surface area contributed by atoms with Gasteiger partial charge in [0.1, 0.15) is 0 Å². The van der Waals surface area contributed by atoms with E-state index in [0.717, 1.165) is 38.9 Å². The molecule has 0 amide bonds. The van der Waals surface area contributed by atoms with Gasteiger partial charge in [0.25, 0.3) is 0 Å². The highest BCUT2D eigenvalue weighted by atomic mass is 32.1. The second kappa shape index (κ2) is 12.2. The molecule has 1 aliphatic carbocycles. The molecule has 8 aromatic rings. The molecule has 0 N–H and O–H groups in total. The fourth-order valence-electron chi connectivity index (χ4n) is 8.14. The lowest BCUT2D eigenvalue weighted by molar-refractivity contribution is 0.745. The zero-order valence-electron chi connectivity index (χ0n) is 28.6. The third-order valence-corrected chi connectivity index (χ3v) is 11.7. The van der Waals surface area contributed by atoms with Crippen molar-refractivity contribution in [1.82, 2.24) is 14.5 Å². The van der Waals surface area contributed by atoms with E-state index in [1.54, 1.807) is 0 Å². The zero-order chi connectivity index (χ0) is 34.8. The second-order valence-corrected chi connectivity index (χ2v) is 14.4. The monoisotopic (exact) mass is 686 g/mol. The van der Waals surface area contributed by atoms with Gasteiger partial charge in [0.2, 0.25) is 5.95 Å². The first-order valence-electron chi connectivity index (χ1n) is 17.7. The molecule has 5 heteroatoms. The molecule has 0 fully saturated rings. The van der Waals surface area contributed by atoms with Gasteiger partial charge in [-0.15, -0.1) is 11.3 Å². The highest BCUT2D eigenvalue weighted by Crippen LogP contribution is 2.48. The minimum atomic E-state index is 0.230. The van der Waals surface area contributed by atoms with E-state index in [2.05, 4.69) is 162 Å². The Balaban J connectivity index is 1.21. The van der Waals surface area contributed by atoms with Gasteiger partial charge < -0.3 is 4.90 Å². The summed E-state index contributed by atoms with van der Waals surface area (Å²) >= 11 is 1.82. The molecule has 0 saturated carbocycles. The number of hydrogen-bond acceptors (Lipinski definition) is 4. The van der Waals surface area contributed by atoms with Gasteiger partial charge in [-0.2, -0.15) is 0 Å². The van der Waals surface area contributed by atoms with E-state index in [-0.39, 0.29) is 6.04 Å².